The van der Waals surface area contributed by atoms with E-state index in [0.717, 1.165) is 0 Å². The highest BCUT2D eigenvalue weighted by Gasteiger charge is 2.26. The molecule has 0 aliphatic carbocycles. The van der Waals surface area contributed by atoms with Gasteiger partial charge in [0.05, 0.1) is 0 Å². The van der Waals surface area contributed by atoms with E-state index >= 15 is 0 Å². The molecule has 0 saturated carbocycles. The van der Waals surface area contributed by atoms with Crippen molar-refractivity contribution in [2.45, 2.75) is 24.4 Å². The Kier molecular flexibility index (Phi) is 3.33. The van der Waals surface area contributed by atoms with Crippen molar-refractivity contribution in [3.63, 3.8) is 0 Å². The number of halogens is 4. The van der Waals surface area contributed by atoms with E-state index < -0.39 is 18.0 Å². The molecule has 0 aromatic rings. The lowest BCUT2D eigenvalue weighted by Crippen LogP contribution is -2.09. The molecule has 0 spiro atoms. The van der Waals surface area contributed by atoms with Crippen LogP contribution in [-0.4, -0.2) is 11.6 Å². The third-order valence-electron chi connectivity index (χ3n) is 0.741. The lowest BCUT2D eigenvalue weighted by atomic mass is 10.2. The molecule has 55 valence electrons. The van der Waals surface area contributed by atoms with E-state index in [-0.39, 0.29) is 6.42 Å². The molecule has 0 aliphatic rings. The first-order valence-corrected chi connectivity index (χ1v) is 2.89. The van der Waals surface area contributed by atoms with Gasteiger partial charge in [0.25, 0.3) is 0 Å². The van der Waals surface area contributed by atoms with Crippen LogP contribution in [0.1, 0.15) is 12.8 Å². The monoisotopic (exact) mass is 159 g/mol. The Bertz CT molecular complexity index is 76.8. The maximum atomic E-state index is 11.3. The summed E-state index contributed by atoms with van der Waals surface area (Å²) in [4.78, 5) is 0. The highest BCUT2D eigenvalue weighted by Crippen LogP contribution is 2.23. The second-order valence-corrected chi connectivity index (χ2v) is 2.37. The van der Waals surface area contributed by atoms with Crippen molar-refractivity contribution in [1.29, 1.82) is 0 Å². The maximum absolute atomic E-state index is 11.3. The zero-order chi connectivity index (χ0) is 7.49. The Hall–Kier alpha value is 0.0800. The first-order valence-electron chi connectivity index (χ1n) is 2.46. The minimum Gasteiger partial charge on any atom is -0.171 e. The molecular formula is C5H7ClF3. The molecule has 0 amide bonds. The Morgan fingerprint density at radius 2 is 1.89 bits per heavy atom. The standard InChI is InChI=1S/C5H7ClF3/c1-4(6)2-3-5(7,8)9/h4H,1-3H2. The predicted octanol–water partition coefficient (Wildman–Crippen LogP) is 2.77. The molecule has 0 heterocycles. The summed E-state index contributed by atoms with van der Waals surface area (Å²) in [6.07, 6.45) is -5.04. The molecule has 0 aromatic heterocycles. The summed E-state index contributed by atoms with van der Waals surface area (Å²) in [5.41, 5.74) is 0. The predicted molar refractivity (Wildman–Crippen MR) is 30.3 cm³/mol. The number of alkyl halides is 4. The van der Waals surface area contributed by atoms with Gasteiger partial charge in [-0.25, -0.2) is 0 Å². The zero-order valence-corrected chi connectivity index (χ0v) is 5.47. The van der Waals surface area contributed by atoms with Gasteiger partial charge in [0.2, 0.25) is 0 Å². The highest BCUT2D eigenvalue weighted by molar-refractivity contribution is 6.21. The van der Waals surface area contributed by atoms with Crippen LogP contribution < -0.4 is 0 Å². The van der Waals surface area contributed by atoms with Gasteiger partial charge in [-0.15, -0.1) is 11.6 Å². The highest BCUT2D eigenvalue weighted by atomic mass is 35.5. The van der Waals surface area contributed by atoms with Gasteiger partial charge in [-0.05, 0) is 13.3 Å². The first kappa shape index (κ1) is 9.08. The average Bonchev–Trinajstić information content (AvgIpc) is 1.59. The molecule has 0 saturated heterocycles. The quantitative estimate of drug-likeness (QED) is 0.544. The fourth-order valence-electron chi connectivity index (χ4n) is 0.320. The first-order chi connectivity index (χ1) is 3.92. The normalized spacial score (nSPS) is 15.7. The van der Waals surface area contributed by atoms with Crippen molar-refractivity contribution < 1.29 is 13.2 Å². The fraction of sp³-hybridized carbons (Fsp3) is 0.800. The van der Waals surface area contributed by atoms with Crippen LogP contribution in [0.5, 0.6) is 0 Å². The van der Waals surface area contributed by atoms with E-state index in [1.807, 2.05) is 0 Å². The second-order valence-electron chi connectivity index (χ2n) is 1.75. The third kappa shape index (κ3) is 8.08. The molecule has 4 heteroatoms. The third-order valence-corrected chi connectivity index (χ3v) is 0.959. The van der Waals surface area contributed by atoms with Crippen molar-refractivity contribution >= 4 is 11.6 Å². The van der Waals surface area contributed by atoms with Gasteiger partial charge in [0.1, 0.15) is 0 Å². The van der Waals surface area contributed by atoms with Crippen LogP contribution in [0.3, 0.4) is 0 Å². The number of hydrogen-bond donors (Lipinski definition) is 0. The Morgan fingerprint density at radius 1 is 1.44 bits per heavy atom. The van der Waals surface area contributed by atoms with Gasteiger partial charge in [-0.3, -0.25) is 0 Å². The van der Waals surface area contributed by atoms with Gasteiger partial charge in [0, 0.05) is 11.8 Å². The Labute approximate surface area is 57.0 Å². The van der Waals surface area contributed by atoms with Gasteiger partial charge < -0.3 is 0 Å². The lowest BCUT2D eigenvalue weighted by Gasteiger charge is -2.05. The summed E-state index contributed by atoms with van der Waals surface area (Å²) >= 11 is 5.17. The SMILES string of the molecule is [CH2]C(Cl)CCC(F)(F)F. The Balaban J connectivity index is 3.28. The van der Waals surface area contributed by atoms with Crippen LogP contribution in [-0.2, 0) is 0 Å². The summed E-state index contributed by atoms with van der Waals surface area (Å²) in [6.45, 7) is 3.21. The molecule has 0 nitrogen and oxygen atoms in total. The van der Waals surface area contributed by atoms with E-state index in [2.05, 4.69) is 6.92 Å². The molecule has 9 heavy (non-hydrogen) atoms. The largest absolute Gasteiger partial charge is 0.389 e. The van der Waals surface area contributed by atoms with Gasteiger partial charge in [-0.2, -0.15) is 13.2 Å². The summed E-state index contributed by atoms with van der Waals surface area (Å²) in [7, 11) is 0. The van der Waals surface area contributed by atoms with Gasteiger partial charge >= 0.3 is 6.18 Å². The summed E-state index contributed by atoms with van der Waals surface area (Å²) in [6, 6.07) is 0. The van der Waals surface area contributed by atoms with Gasteiger partial charge in [-0.1, -0.05) is 0 Å². The topological polar surface area (TPSA) is 0 Å². The van der Waals surface area contributed by atoms with Crippen molar-refractivity contribution in [3.05, 3.63) is 6.92 Å². The van der Waals surface area contributed by atoms with Crippen LogP contribution in [0.2, 0.25) is 0 Å². The van der Waals surface area contributed by atoms with E-state index in [1.165, 1.54) is 0 Å². The van der Waals surface area contributed by atoms with Crippen LogP contribution in [0.15, 0.2) is 0 Å². The van der Waals surface area contributed by atoms with Crippen molar-refractivity contribution in [1.82, 2.24) is 0 Å². The average molecular weight is 160 g/mol. The van der Waals surface area contributed by atoms with E-state index in [4.69, 9.17) is 11.6 Å². The van der Waals surface area contributed by atoms with Crippen molar-refractivity contribution in [2.24, 2.45) is 0 Å². The molecule has 1 radical (unpaired) electrons. The minimum absolute atomic E-state index is 0.106. The molecule has 1 unspecified atom stereocenters. The Morgan fingerprint density at radius 3 is 2.00 bits per heavy atom. The van der Waals surface area contributed by atoms with E-state index in [1.54, 1.807) is 0 Å². The molecular weight excluding hydrogens is 153 g/mol. The van der Waals surface area contributed by atoms with Crippen molar-refractivity contribution in [2.75, 3.05) is 0 Å². The van der Waals surface area contributed by atoms with Crippen LogP contribution in [0.4, 0.5) is 13.2 Å². The molecule has 0 fully saturated rings. The van der Waals surface area contributed by atoms with Gasteiger partial charge in [0.15, 0.2) is 0 Å². The summed E-state index contributed by atoms with van der Waals surface area (Å²) in [5, 5.41) is -0.633. The molecule has 0 N–H and O–H groups in total. The van der Waals surface area contributed by atoms with Crippen molar-refractivity contribution in [3.8, 4) is 0 Å². The molecule has 1 atom stereocenters. The fourth-order valence-corrected chi connectivity index (χ4v) is 0.429. The molecule has 0 rings (SSSR count). The molecule has 0 aliphatic heterocycles. The minimum atomic E-state index is -4.09. The number of rotatable bonds is 2. The van der Waals surface area contributed by atoms with E-state index in [0.29, 0.717) is 0 Å². The zero-order valence-electron chi connectivity index (χ0n) is 4.71. The summed E-state index contributed by atoms with van der Waals surface area (Å²) < 4.78 is 34.0. The molecule has 0 bridgehead atoms. The summed E-state index contributed by atoms with van der Waals surface area (Å²) in [5.74, 6) is 0. The number of hydrogen-bond acceptors (Lipinski definition) is 0. The maximum Gasteiger partial charge on any atom is 0.389 e. The van der Waals surface area contributed by atoms with Crippen LogP contribution in [0, 0.1) is 6.92 Å². The van der Waals surface area contributed by atoms with E-state index in [9.17, 15) is 13.2 Å². The molecule has 0 aromatic carbocycles. The van der Waals surface area contributed by atoms with Crippen LogP contribution >= 0.6 is 11.6 Å². The second kappa shape index (κ2) is 3.30. The van der Waals surface area contributed by atoms with Crippen LogP contribution in [0.25, 0.3) is 0 Å². The smallest absolute Gasteiger partial charge is 0.171 e. The lowest BCUT2D eigenvalue weighted by molar-refractivity contribution is -0.135.